The highest BCUT2D eigenvalue weighted by atomic mass is 15.2. The van der Waals surface area contributed by atoms with Gasteiger partial charge in [-0.15, -0.1) is 0 Å². The number of nitrogens with zero attached hydrogens (tertiary/aromatic N) is 3. The molecule has 17 heavy (non-hydrogen) atoms. The Morgan fingerprint density at radius 3 is 2.12 bits per heavy atom. The Morgan fingerprint density at radius 2 is 1.53 bits per heavy atom. The lowest BCUT2D eigenvalue weighted by atomic mass is 10.4. The molecule has 8 nitrogen and oxygen atoms in total. The standard InChI is InChI=1S/C9H12N8/c10-4-2-1-3-5(14-4)15-9-16-7(12)6(11)8(13)17-9/h1-3H,11H2,(H7,10,12,13,14,15,16,17). The molecule has 0 radical (unpaired) electrons. The summed E-state index contributed by atoms with van der Waals surface area (Å²) in [5.41, 5.74) is 22.4. The maximum atomic E-state index is 5.56. The van der Waals surface area contributed by atoms with Crippen molar-refractivity contribution >= 4 is 34.9 Å². The maximum Gasteiger partial charge on any atom is 0.232 e. The lowest BCUT2D eigenvalue weighted by molar-refractivity contribution is 1.17. The van der Waals surface area contributed by atoms with Gasteiger partial charge in [-0.05, 0) is 12.1 Å². The van der Waals surface area contributed by atoms with Crippen LogP contribution in [0, 0.1) is 0 Å². The molecular weight excluding hydrogens is 220 g/mol. The van der Waals surface area contributed by atoms with Crippen molar-refractivity contribution in [2.24, 2.45) is 0 Å². The molecule has 88 valence electrons. The topological polar surface area (TPSA) is 155 Å². The van der Waals surface area contributed by atoms with Gasteiger partial charge in [-0.25, -0.2) is 4.98 Å². The van der Waals surface area contributed by atoms with E-state index < -0.39 is 0 Å². The summed E-state index contributed by atoms with van der Waals surface area (Å²) in [6, 6.07) is 5.12. The molecule has 0 aromatic carbocycles. The lowest BCUT2D eigenvalue weighted by Gasteiger charge is -2.07. The van der Waals surface area contributed by atoms with E-state index in [2.05, 4.69) is 20.3 Å². The quantitative estimate of drug-likeness (QED) is 0.482. The number of nitrogens with two attached hydrogens (primary N) is 4. The molecule has 9 N–H and O–H groups in total. The van der Waals surface area contributed by atoms with Crippen LogP contribution in [0.15, 0.2) is 18.2 Å². The van der Waals surface area contributed by atoms with E-state index in [4.69, 9.17) is 22.9 Å². The smallest absolute Gasteiger partial charge is 0.232 e. The van der Waals surface area contributed by atoms with Gasteiger partial charge in [0.1, 0.15) is 17.3 Å². The van der Waals surface area contributed by atoms with Crippen molar-refractivity contribution in [3.05, 3.63) is 18.2 Å². The SMILES string of the molecule is Nc1cccc(Nc2nc(N)c(N)c(N)n2)n1. The van der Waals surface area contributed by atoms with Gasteiger partial charge in [0.15, 0.2) is 11.6 Å². The predicted octanol–water partition coefficient (Wildman–Crippen LogP) is -0.0560. The molecule has 0 unspecified atom stereocenters. The number of nitrogens with one attached hydrogen (secondary N) is 1. The molecule has 0 spiro atoms. The van der Waals surface area contributed by atoms with E-state index in [0.717, 1.165) is 0 Å². The molecule has 0 atom stereocenters. The van der Waals surface area contributed by atoms with Crippen molar-refractivity contribution < 1.29 is 0 Å². The number of anilines is 6. The monoisotopic (exact) mass is 232 g/mol. The van der Waals surface area contributed by atoms with Crippen molar-refractivity contribution in [2.45, 2.75) is 0 Å². The predicted molar refractivity (Wildman–Crippen MR) is 67.2 cm³/mol. The van der Waals surface area contributed by atoms with Gasteiger partial charge in [0, 0.05) is 0 Å². The minimum Gasteiger partial charge on any atom is -0.393 e. The zero-order chi connectivity index (χ0) is 12.4. The van der Waals surface area contributed by atoms with E-state index in [0.29, 0.717) is 11.6 Å². The Balaban J connectivity index is 2.31. The molecule has 0 saturated heterocycles. The van der Waals surface area contributed by atoms with Crippen molar-refractivity contribution in [1.82, 2.24) is 15.0 Å². The summed E-state index contributed by atoms with van der Waals surface area (Å²) >= 11 is 0. The molecule has 0 saturated carbocycles. The summed E-state index contributed by atoms with van der Waals surface area (Å²) in [5.74, 6) is 1.32. The molecule has 2 aromatic rings. The second kappa shape index (κ2) is 4.00. The Bertz CT molecular complexity index is 529. The van der Waals surface area contributed by atoms with Crippen LogP contribution >= 0.6 is 0 Å². The summed E-state index contributed by atoms with van der Waals surface area (Å²) in [6.45, 7) is 0. The summed E-state index contributed by atoms with van der Waals surface area (Å²) in [7, 11) is 0. The van der Waals surface area contributed by atoms with Crippen LogP contribution in [0.1, 0.15) is 0 Å². The van der Waals surface area contributed by atoms with Crippen molar-refractivity contribution in [1.29, 1.82) is 0 Å². The Kier molecular flexibility index (Phi) is 2.53. The number of hydrogen-bond acceptors (Lipinski definition) is 8. The van der Waals surface area contributed by atoms with E-state index in [-0.39, 0.29) is 23.3 Å². The molecule has 0 fully saturated rings. The largest absolute Gasteiger partial charge is 0.393 e. The second-order valence-electron chi connectivity index (χ2n) is 3.30. The molecule has 0 aliphatic carbocycles. The first-order chi connectivity index (χ1) is 8.06. The summed E-state index contributed by atoms with van der Waals surface area (Å²) in [6.07, 6.45) is 0. The van der Waals surface area contributed by atoms with Crippen LogP contribution in [0.2, 0.25) is 0 Å². The minimum absolute atomic E-state index is 0.115. The highest BCUT2D eigenvalue weighted by molar-refractivity contribution is 5.73. The molecule has 0 bridgehead atoms. The molecule has 8 heteroatoms. The number of rotatable bonds is 2. The Hall–Kier alpha value is -2.77. The van der Waals surface area contributed by atoms with Crippen molar-refractivity contribution in [3.8, 4) is 0 Å². The number of aromatic nitrogens is 3. The Labute approximate surface area is 97.1 Å². The van der Waals surface area contributed by atoms with Gasteiger partial charge < -0.3 is 28.3 Å². The molecule has 2 heterocycles. The van der Waals surface area contributed by atoms with E-state index in [1.165, 1.54) is 0 Å². The molecular formula is C9H12N8. The van der Waals surface area contributed by atoms with Crippen LogP contribution in [0.5, 0.6) is 0 Å². The Morgan fingerprint density at radius 1 is 0.882 bits per heavy atom. The van der Waals surface area contributed by atoms with Gasteiger partial charge in [0.2, 0.25) is 5.95 Å². The molecule has 2 rings (SSSR count). The van der Waals surface area contributed by atoms with Gasteiger partial charge in [0.05, 0.1) is 0 Å². The van der Waals surface area contributed by atoms with Crippen LogP contribution in [-0.2, 0) is 0 Å². The van der Waals surface area contributed by atoms with E-state index in [1.807, 2.05) is 0 Å². The third-order valence-corrected chi connectivity index (χ3v) is 2.02. The van der Waals surface area contributed by atoms with Crippen LogP contribution in [0.4, 0.5) is 34.9 Å². The normalized spacial score (nSPS) is 10.1. The first-order valence-corrected chi connectivity index (χ1v) is 4.74. The maximum absolute atomic E-state index is 5.56. The number of hydrogen-bond donors (Lipinski definition) is 5. The van der Waals surface area contributed by atoms with Crippen LogP contribution in [-0.4, -0.2) is 15.0 Å². The van der Waals surface area contributed by atoms with Gasteiger partial charge in [0.25, 0.3) is 0 Å². The van der Waals surface area contributed by atoms with E-state index in [9.17, 15) is 0 Å². The first-order valence-electron chi connectivity index (χ1n) is 4.74. The van der Waals surface area contributed by atoms with Gasteiger partial charge >= 0.3 is 0 Å². The van der Waals surface area contributed by atoms with Crippen LogP contribution in [0.25, 0.3) is 0 Å². The lowest BCUT2D eigenvalue weighted by Crippen LogP contribution is -2.08. The third kappa shape index (κ3) is 2.25. The molecule has 2 aromatic heterocycles. The fourth-order valence-electron chi connectivity index (χ4n) is 1.20. The van der Waals surface area contributed by atoms with E-state index in [1.54, 1.807) is 18.2 Å². The average Bonchev–Trinajstić information content (AvgIpc) is 2.26. The zero-order valence-corrected chi connectivity index (χ0v) is 8.88. The first kappa shape index (κ1) is 10.7. The summed E-state index contributed by atoms with van der Waals surface area (Å²) < 4.78 is 0. The van der Waals surface area contributed by atoms with Gasteiger partial charge in [-0.2, -0.15) is 9.97 Å². The van der Waals surface area contributed by atoms with Gasteiger partial charge in [-0.3, -0.25) is 0 Å². The average molecular weight is 232 g/mol. The summed E-state index contributed by atoms with van der Waals surface area (Å²) in [5, 5.41) is 2.82. The molecule has 0 aliphatic rings. The molecule has 0 amide bonds. The number of nitrogen functional groups attached to an aromatic ring is 4. The minimum atomic E-state index is 0.115. The fourth-order valence-corrected chi connectivity index (χ4v) is 1.20. The van der Waals surface area contributed by atoms with E-state index >= 15 is 0 Å². The van der Waals surface area contributed by atoms with Crippen molar-refractivity contribution in [2.75, 3.05) is 28.3 Å². The fraction of sp³-hybridized carbons (Fsp3) is 0. The zero-order valence-electron chi connectivity index (χ0n) is 8.88. The number of pyridine rings is 1. The second-order valence-corrected chi connectivity index (χ2v) is 3.30. The highest BCUT2D eigenvalue weighted by Crippen LogP contribution is 2.21. The van der Waals surface area contributed by atoms with Crippen LogP contribution < -0.4 is 28.3 Å². The van der Waals surface area contributed by atoms with Crippen molar-refractivity contribution in [3.63, 3.8) is 0 Å². The summed E-state index contributed by atoms with van der Waals surface area (Å²) in [4.78, 5) is 11.9. The van der Waals surface area contributed by atoms with Gasteiger partial charge in [-0.1, -0.05) is 6.07 Å². The van der Waals surface area contributed by atoms with Crippen LogP contribution in [0.3, 0.4) is 0 Å². The highest BCUT2D eigenvalue weighted by Gasteiger charge is 2.07. The molecule has 0 aliphatic heterocycles. The third-order valence-electron chi connectivity index (χ3n) is 2.02.